The number of benzene rings is 1. The Morgan fingerprint density at radius 1 is 1.40 bits per heavy atom. The molecule has 0 bridgehead atoms. The van der Waals surface area contributed by atoms with Gasteiger partial charge in [0.15, 0.2) is 0 Å². The summed E-state index contributed by atoms with van der Waals surface area (Å²) in [5, 5.41) is 3.14. The van der Waals surface area contributed by atoms with Crippen LogP contribution in [0.4, 0.5) is 5.69 Å². The molecule has 1 fully saturated rings. The predicted octanol–water partition coefficient (Wildman–Crippen LogP) is 3.47. The zero-order chi connectivity index (χ0) is 17.8. The number of aromatic nitrogens is 1. The van der Waals surface area contributed by atoms with E-state index in [4.69, 9.17) is 25.8 Å². The molecule has 2 heterocycles. The molecule has 2 aromatic rings. The average Bonchev–Trinajstić information content (AvgIpc) is 3.11. The number of nitrogens with one attached hydrogen (secondary N) is 1. The highest BCUT2D eigenvalue weighted by Gasteiger charge is 2.20. The zero-order valence-electron chi connectivity index (χ0n) is 14.0. The molecular formula is C18H19ClN2O4. The Morgan fingerprint density at radius 2 is 2.24 bits per heavy atom. The summed E-state index contributed by atoms with van der Waals surface area (Å²) in [6.07, 6.45) is 2.20. The maximum absolute atomic E-state index is 12.4. The normalized spacial score (nSPS) is 16.5. The number of carbonyl (C=O) groups is 1. The third-order valence-electron chi connectivity index (χ3n) is 3.92. The third kappa shape index (κ3) is 4.21. The molecule has 25 heavy (non-hydrogen) atoms. The van der Waals surface area contributed by atoms with Crippen LogP contribution in [0.15, 0.2) is 30.5 Å². The molecule has 1 N–H and O–H groups in total. The van der Waals surface area contributed by atoms with Crippen molar-refractivity contribution < 1.29 is 19.0 Å². The van der Waals surface area contributed by atoms with Crippen molar-refractivity contribution in [2.45, 2.75) is 19.4 Å². The molecule has 1 amide bonds. The summed E-state index contributed by atoms with van der Waals surface area (Å²) >= 11 is 6.20. The van der Waals surface area contributed by atoms with Gasteiger partial charge in [0.1, 0.15) is 16.9 Å². The summed E-state index contributed by atoms with van der Waals surface area (Å²) in [5.74, 6) is 0.755. The van der Waals surface area contributed by atoms with Crippen LogP contribution in [0.2, 0.25) is 5.02 Å². The lowest BCUT2D eigenvalue weighted by Crippen LogP contribution is -2.17. The predicted molar refractivity (Wildman–Crippen MR) is 94.8 cm³/mol. The van der Waals surface area contributed by atoms with Gasteiger partial charge in [-0.3, -0.25) is 4.79 Å². The lowest BCUT2D eigenvalue weighted by Gasteiger charge is -2.13. The topological polar surface area (TPSA) is 69.7 Å². The molecule has 0 radical (unpaired) electrons. The van der Waals surface area contributed by atoms with Crippen molar-refractivity contribution in [2.24, 2.45) is 0 Å². The van der Waals surface area contributed by atoms with Gasteiger partial charge in [-0.1, -0.05) is 11.6 Å². The number of pyridine rings is 1. The number of hydrogen-bond donors (Lipinski definition) is 1. The van der Waals surface area contributed by atoms with Crippen LogP contribution in [0.1, 0.15) is 22.3 Å². The van der Waals surface area contributed by atoms with Crippen molar-refractivity contribution in [1.82, 2.24) is 4.98 Å². The van der Waals surface area contributed by atoms with Crippen LogP contribution in [-0.4, -0.2) is 37.3 Å². The van der Waals surface area contributed by atoms with E-state index in [1.165, 1.54) is 6.20 Å². The van der Waals surface area contributed by atoms with Crippen molar-refractivity contribution in [3.8, 4) is 11.6 Å². The van der Waals surface area contributed by atoms with Gasteiger partial charge >= 0.3 is 0 Å². The Hall–Kier alpha value is -2.31. The van der Waals surface area contributed by atoms with E-state index in [0.717, 1.165) is 17.7 Å². The minimum atomic E-state index is -0.293. The Kier molecular flexibility index (Phi) is 5.40. The van der Waals surface area contributed by atoms with Crippen LogP contribution in [0, 0.1) is 6.92 Å². The number of amides is 1. The Morgan fingerprint density at radius 3 is 2.88 bits per heavy atom. The Bertz CT molecular complexity index is 776. The number of rotatable bonds is 5. The number of halogens is 1. The number of hydrogen-bond acceptors (Lipinski definition) is 5. The van der Waals surface area contributed by atoms with Gasteiger partial charge in [0.25, 0.3) is 5.91 Å². The largest absolute Gasteiger partial charge is 0.497 e. The number of anilines is 1. The van der Waals surface area contributed by atoms with Crippen molar-refractivity contribution >= 4 is 23.2 Å². The van der Waals surface area contributed by atoms with Crippen molar-refractivity contribution in [3.63, 3.8) is 0 Å². The molecule has 1 aliphatic rings. The fraction of sp³-hybridized carbons (Fsp3) is 0.333. The van der Waals surface area contributed by atoms with Gasteiger partial charge in [-0.25, -0.2) is 4.98 Å². The van der Waals surface area contributed by atoms with Gasteiger partial charge in [-0.2, -0.15) is 0 Å². The first-order chi connectivity index (χ1) is 12.1. The first-order valence-corrected chi connectivity index (χ1v) is 8.30. The van der Waals surface area contributed by atoms with E-state index < -0.39 is 0 Å². The molecule has 0 aliphatic carbocycles. The molecule has 1 atom stereocenters. The number of aryl methyl sites for hydroxylation is 1. The minimum Gasteiger partial charge on any atom is -0.497 e. The summed E-state index contributed by atoms with van der Waals surface area (Å²) in [4.78, 5) is 16.6. The second kappa shape index (κ2) is 7.72. The monoisotopic (exact) mass is 362 g/mol. The lowest BCUT2D eigenvalue weighted by molar-refractivity contribution is 0.102. The quantitative estimate of drug-likeness (QED) is 0.881. The standard InChI is InChI=1S/C18H19ClN2O4/c1-11-7-13(23-2)3-4-16(11)21-17(22)12-8-15(19)18(20-9-12)25-14-5-6-24-10-14/h3-4,7-9,14H,5-6,10H2,1-2H3,(H,21,22). The number of methoxy groups -OCH3 is 1. The second-order valence-electron chi connectivity index (χ2n) is 5.75. The molecule has 6 nitrogen and oxygen atoms in total. The van der Waals surface area contributed by atoms with Gasteiger partial charge in [-0.05, 0) is 36.8 Å². The number of nitrogens with zero attached hydrogens (tertiary/aromatic N) is 1. The fourth-order valence-electron chi connectivity index (χ4n) is 2.50. The minimum absolute atomic E-state index is 0.0494. The van der Waals surface area contributed by atoms with Gasteiger partial charge in [0, 0.05) is 18.3 Å². The highest BCUT2D eigenvalue weighted by atomic mass is 35.5. The maximum Gasteiger partial charge on any atom is 0.257 e. The third-order valence-corrected chi connectivity index (χ3v) is 4.19. The highest BCUT2D eigenvalue weighted by Crippen LogP contribution is 2.26. The van der Waals surface area contributed by atoms with Crippen LogP contribution < -0.4 is 14.8 Å². The van der Waals surface area contributed by atoms with E-state index in [1.807, 2.05) is 13.0 Å². The highest BCUT2D eigenvalue weighted by molar-refractivity contribution is 6.32. The van der Waals surface area contributed by atoms with Crippen molar-refractivity contribution in [3.05, 3.63) is 46.6 Å². The van der Waals surface area contributed by atoms with Crippen LogP contribution in [0.5, 0.6) is 11.6 Å². The van der Waals surface area contributed by atoms with Crippen LogP contribution >= 0.6 is 11.6 Å². The number of carbonyl (C=O) groups excluding carboxylic acids is 1. The maximum atomic E-state index is 12.4. The molecule has 132 valence electrons. The molecular weight excluding hydrogens is 344 g/mol. The SMILES string of the molecule is COc1ccc(NC(=O)c2cnc(OC3CCOC3)c(Cl)c2)c(C)c1. The molecule has 1 aliphatic heterocycles. The Labute approximate surface area is 151 Å². The van der Waals surface area contributed by atoms with Gasteiger partial charge < -0.3 is 19.5 Å². The van der Waals surface area contributed by atoms with E-state index >= 15 is 0 Å². The van der Waals surface area contributed by atoms with Gasteiger partial charge in [-0.15, -0.1) is 0 Å². The van der Waals surface area contributed by atoms with Crippen molar-refractivity contribution in [2.75, 3.05) is 25.6 Å². The molecule has 1 aromatic heterocycles. The number of ether oxygens (including phenoxy) is 3. The summed E-state index contributed by atoms with van der Waals surface area (Å²) < 4.78 is 16.1. The van der Waals surface area contributed by atoms with Crippen LogP contribution in [-0.2, 0) is 4.74 Å². The molecule has 0 saturated carbocycles. The van der Waals surface area contributed by atoms with Crippen molar-refractivity contribution in [1.29, 1.82) is 0 Å². The first-order valence-electron chi connectivity index (χ1n) is 7.93. The zero-order valence-corrected chi connectivity index (χ0v) is 14.8. The Balaban J connectivity index is 1.70. The molecule has 3 rings (SSSR count). The smallest absolute Gasteiger partial charge is 0.257 e. The van der Waals surface area contributed by atoms with Gasteiger partial charge in [0.2, 0.25) is 5.88 Å². The van der Waals surface area contributed by atoms with E-state index in [0.29, 0.717) is 35.4 Å². The molecule has 1 saturated heterocycles. The van der Waals surface area contributed by atoms with E-state index in [9.17, 15) is 4.79 Å². The fourth-order valence-corrected chi connectivity index (χ4v) is 2.71. The van der Waals surface area contributed by atoms with E-state index in [2.05, 4.69) is 10.3 Å². The average molecular weight is 363 g/mol. The van der Waals surface area contributed by atoms with Gasteiger partial charge in [0.05, 0.1) is 25.9 Å². The first kappa shape index (κ1) is 17.5. The second-order valence-corrected chi connectivity index (χ2v) is 6.16. The lowest BCUT2D eigenvalue weighted by atomic mass is 10.1. The molecule has 0 spiro atoms. The summed E-state index contributed by atoms with van der Waals surface area (Å²) in [6.45, 7) is 3.09. The summed E-state index contributed by atoms with van der Waals surface area (Å²) in [7, 11) is 1.60. The van der Waals surface area contributed by atoms with E-state index in [1.54, 1.807) is 25.3 Å². The molecule has 1 aromatic carbocycles. The summed E-state index contributed by atoms with van der Waals surface area (Å²) in [5.41, 5.74) is 1.95. The molecule has 1 unspecified atom stereocenters. The summed E-state index contributed by atoms with van der Waals surface area (Å²) in [6, 6.07) is 6.97. The van der Waals surface area contributed by atoms with Crippen LogP contribution in [0.3, 0.4) is 0 Å². The van der Waals surface area contributed by atoms with Crippen LogP contribution in [0.25, 0.3) is 0 Å². The molecule has 7 heteroatoms. The van der Waals surface area contributed by atoms with E-state index in [-0.39, 0.29) is 12.0 Å².